The van der Waals surface area contributed by atoms with Crippen molar-refractivity contribution >= 4 is 6.21 Å². The maximum atomic E-state index is 8.21. The Bertz CT molecular complexity index is 157. The zero-order chi connectivity index (χ0) is 12.6. The van der Waals surface area contributed by atoms with E-state index in [4.69, 9.17) is 5.21 Å². The quantitative estimate of drug-likeness (QED) is 0.195. The van der Waals surface area contributed by atoms with Gasteiger partial charge in [0.05, 0.1) is 0 Å². The first-order valence-electron chi connectivity index (χ1n) is 7.57. The van der Waals surface area contributed by atoms with Gasteiger partial charge in [0.2, 0.25) is 0 Å². The van der Waals surface area contributed by atoms with Crippen molar-refractivity contribution in [1.29, 1.82) is 0 Å². The first kappa shape index (κ1) is 16.5. The summed E-state index contributed by atoms with van der Waals surface area (Å²) in [6.45, 7) is 2.27. The van der Waals surface area contributed by atoms with Gasteiger partial charge in [0, 0.05) is 6.21 Å². The molecule has 0 saturated heterocycles. The number of hydrogen-bond acceptors (Lipinski definition) is 2. The van der Waals surface area contributed by atoms with Gasteiger partial charge in [0.1, 0.15) is 0 Å². The van der Waals surface area contributed by atoms with Crippen molar-refractivity contribution in [3.05, 3.63) is 0 Å². The minimum atomic E-state index is 0.925. The van der Waals surface area contributed by atoms with E-state index in [2.05, 4.69) is 12.1 Å². The highest BCUT2D eigenvalue weighted by atomic mass is 16.4. The van der Waals surface area contributed by atoms with Crippen LogP contribution in [-0.4, -0.2) is 11.4 Å². The average molecular weight is 241 g/mol. The molecule has 0 fully saturated rings. The van der Waals surface area contributed by atoms with E-state index in [0.717, 1.165) is 6.42 Å². The van der Waals surface area contributed by atoms with Crippen LogP contribution in [0.5, 0.6) is 0 Å². The van der Waals surface area contributed by atoms with E-state index in [1.807, 2.05) is 0 Å². The van der Waals surface area contributed by atoms with Gasteiger partial charge >= 0.3 is 0 Å². The number of unbranched alkanes of at least 4 members (excludes halogenated alkanes) is 12. The van der Waals surface area contributed by atoms with Crippen LogP contribution >= 0.6 is 0 Å². The molecule has 0 aromatic rings. The van der Waals surface area contributed by atoms with Crippen molar-refractivity contribution in [3.8, 4) is 0 Å². The zero-order valence-corrected chi connectivity index (χ0v) is 11.7. The van der Waals surface area contributed by atoms with Crippen LogP contribution in [0.25, 0.3) is 0 Å². The lowest BCUT2D eigenvalue weighted by molar-refractivity contribution is 0.320. The molecule has 0 amide bonds. The second-order valence-corrected chi connectivity index (χ2v) is 4.98. The van der Waals surface area contributed by atoms with Crippen LogP contribution in [0, 0.1) is 0 Å². The van der Waals surface area contributed by atoms with E-state index in [0.29, 0.717) is 0 Å². The summed E-state index contributed by atoms with van der Waals surface area (Å²) in [6.07, 6.45) is 19.0. The van der Waals surface area contributed by atoms with Gasteiger partial charge in [0.25, 0.3) is 0 Å². The lowest BCUT2D eigenvalue weighted by Crippen LogP contribution is -1.83. The van der Waals surface area contributed by atoms with Gasteiger partial charge in [-0.1, -0.05) is 77.6 Å². The monoisotopic (exact) mass is 241 g/mol. The highest BCUT2D eigenvalue weighted by Crippen LogP contribution is 2.12. The fourth-order valence-electron chi connectivity index (χ4n) is 2.13. The molecule has 0 aromatic carbocycles. The van der Waals surface area contributed by atoms with E-state index >= 15 is 0 Å². The molecule has 17 heavy (non-hydrogen) atoms. The molecule has 2 nitrogen and oxygen atoms in total. The molecule has 0 aliphatic rings. The summed E-state index contributed by atoms with van der Waals surface area (Å²) in [5.41, 5.74) is 0. The molecule has 0 radical (unpaired) electrons. The van der Waals surface area contributed by atoms with Crippen molar-refractivity contribution in [2.45, 2.75) is 90.4 Å². The summed E-state index contributed by atoms with van der Waals surface area (Å²) >= 11 is 0. The largest absolute Gasteiger partial charge is 0.411 e. The Hall–Kier alpha value is -0.530. The van der Waals surface area contributed by atoms with E-state index < -0.39 is 0 Å². The van der Waals surface area contributed by atoms with Crippen LogP contribution in [0.2, 0.25) is 0 Å². The Labute approximate surface area is 107 Å². The van der Waals surface area contributed by atoms with Gasteiger partial charge in [-0.3, -0.25) is 0 Å². The normalized spacial score (nSPS) is 11.4. The molecule has 0 aliphatic heterocycles. The molecule has 0 spiro atoms. The smallest absolute Gasteiger partial charge is 0.0435 e. The molecule has 102 valence electrons. The number of rotatable bonds is 13. The molecule has 0 unspecified atom stereocenters. The molecule has 0 heterocycles. The van der Waals surface area contributed by atoms with E-state index in [1.54, 1.807) is 6.21 Å². The van der Waals surface area contributed by atoms with Crippen LogP contribution in [0.15, 0.2) is 5.16 Å². The molecular weight excluding hydrogens is 210 g/mol. The van der Waals surface area contributed by atoms with Gasteiger partial charge < -0.3 is 5.21 Å². The molecule has 1 N–H and O–H groups in total. The fraction of sp³-hybridized carbons (Fsp3) is 0.933. The Kier molecular flexibility index (Phi) is 15.0. The van der Waals surface area contributed by atoms with Gasteiger partial charge in [0.15, 0.2) is 0 Å². The Morgan fingerprint density at radius 1 is 0.706 bits per heavy atom. The predicted octanol–water partition coefficient (Wildman–Crippen LogP) is 5.54. The Morgan fingerprint density at radius 2 is 1.12 bits per heavy atom. The van der Waals surface area contributed by atoms with Crippen LogP contribution in [0.1, 0.15) is 90.4 Å². The lowest BCUT2D eigenvalue weighted by atomic mass is 10.0. The van der Waals surface area contributed by atoms with Gasteiger partial charge in [-0.25, -0.2) is 0 Å². The van der Waals surface area contributed by atoms with Crippen molar-refractivity contribution in [3.63, 3.8) is 0 Å². The SMILES string of the molecule is CCCCCCCCCCCCCC/C=N/O. The molecule has 0 rings (SSSR count). The molecule has 0 saturated carbocycles. The standard InChI is InChI=1S/C15H31NO/c1-2-3-4-5-6-7-8-9-10-11-12-13-14-15-16-17/h15,17H,2-14H2,1H3/b16-15+. The van der Waals surface area contributed by atoms with Gasteiger partial charge in [-0.05, 0) is 12.8 Å². The maximum absolute atomic E-state index is 8.21. The van der Waals surface area contributed by atoms with Crippen molar-refractivity contribution in [2.75, 3.05) is 0 Å². The zero-order valence-electron chi connectivity index (χ0n) is 11.7. The average Bonchev–Trinajstić information content (AvgIpc) is 2.35. The predicted molar refractivity (Wildman–Crippen MR) is 76.0 cm³/mol. The summed E-state index contributed by atoms with van der Waals surface area (Å²) < 4.78 is 0. The summed E-state index contributed by atoms with van der Waals surface area (Å²) in [5, 5.41) is 11.2. The number of nitrogens with zero attached hydrogens (tertiary/aromatic N) is 1. The molecule has 2 heteroatoms. The van der Waals surface area contributed by atoms with Crippen molar-refractivity contribution in [1.82, 2.24) is 0 Å². The van der Waals surface area contributed by atoms with E-state index in [1.165, 1.54) is 77.0 Å². The molecule has 0 atom stereocenters. The fourth-order valence-corrected chi connectivity index (χ4v) is 2.13. The van der Waals surface area contributed by atoms with Crippen molar-refractivity contribution in [2.24, 2.45) is 5.16 Å². The van der Waals surface area contributed by atoms with Crippen LogP contribution < -0.4 is 0 Å². The van der Waals surface area contributed by atoms with Crippen molar-refractivity contribution < 1.29 is 5.21 Å². The molecule has 0 aliphatic carbocycles. The maximum Gasteiger partial charge on any atom is 0.0435 e. The minimum Gasteiger partial charge on any atom is -0.411 e. The van der Waals surface area contributed by atoms with E-state index in [-0.39, 0.29) is 0 Å². The van der Waals surface area contributed by atoms with Gasteiger partial charge in [-0.15, -0.1) is 5.16 Å². The first-order chi connectivity index (χ1) is 8.41. The second kappa shape index (κ2) is 15.5. The van der Waals surface area contributed by atoms with Gasteiger partial charge in [-0.2, -0.15) is 0 Å². The summed E-state index contributed by atoms with van der Waals surface area (Å²) in [6, 6.07) is 0. The number of hydrogen-bond donors (Lipinski definition) is 1. The topological polar surface area (TPSA) is 32.6 Å². The number of oxime groups is 1. The highest BCUT2D eigenvalue weighted by Gasteiger charge is 1.92. The molecule has 0 aromatic heterocycles. The molecule has 0 bridgehead atoms. The van der Waals surface area contributed by atoms with Crippen LogP contribution in [-0.2, 0) is 0 Å². The lowest BCUT2D eigenvalue weighted by Gasteiger charge is -2.01. The highest BCUT2D eigenvalue weighted by molar-refractivity contribution is 5.55. The summed E-state index contributed by atoms with van der Waals surface area (Å²) in [5.74, 6) is 0. The third kappa shape index (κ3) is 15.5. The third-order valence-electron chi connectivity index (χ3n) is 3.27. The summed E-state index contributed by atoms with van der Waals surface area (Å²) in [4.78, 5) is 0. The Balaban J connectivity index is 2.89. The van der Waals surface area contributed by atoms with E-state index in [9.17, 15) is 0 Å². The minimum absolute atomic E-state index is 0.925. The second-order valence-electron chi connectivity index (χ2n) is 4.98. The molecular formula is C15H31NO. The summed E-state index contributed by atoms with van der Waals surface area (Å²) in [7, 11) is 0. The van der Waals surface area contributed by atoms with Crippen LogP contribution in [0.3, 0.4) is 0 Å². The van der Waals surface area contributed by atoms with Crippen LogP contribution in [0.4, 0.5) is 0 Å². The first-order valence-corrected chi connectivity index (χ1v) is 7.57. The third-order valence-corrected chi connectivity index (χ3v) is 3.27. The Morgan fingerprint density at radius 3 is 1.53 bits per heavy atom.